The predicted molar refractivity (Wildman–Crippen MR) is 92.7 cm³/mol. The first kappa shape index (κ1) is 17.1. The van der Waals surface area contributed by atoms with Gasteiger partial charge in [0.1, 0.15) is 18.1 Å². The molecule has 2 aromatic carbocycles. The van der Waals surface area contributed by atoms with Crippen molar-refractivity contribution < 1.29 is 22.7 Å². The lowest BCUT2D eigenvalue weighted by molar-refractivity contribution is 0.0796. The maximum absolute atomic E-state index is 12.6. The van der Waals surface area contributed by atoms with Crippen molar-refractivity contribution >= 4 is 21.6 Å². The first-order valence-corrected chi connectivity index (χ1v) is 9.08. The van der Waals surface area contributed by atoms with E-state index in [4.69, 9.17) is 9.47 Å². The second-order valence-electron chi connectivity index (χ2n) is 5.57. The lowest BCUT2D eigenvalue weighted by atomic mass is 10.1. The number of hydrogen-bond acceptors (Lipinski definition) is 5. The van der Waals surface area contributed by atoms with Crippen LogP contribution in [-0.2, 0) is 10.0 Å². The molecular weight excluding hydrogens is 344 g/mol. The molecule has 2 aromatic rings. The molecule has 132 valence electrons. The Morgan fingerprint density at radius 3 is 2.76 bits per heavy atom. The summed E-state index contributed by atoms with van der Waals surface area (Å²) in [5.41, 5.74) is 0.611. The van der Waals surface area contributed by atoms with Gasteiger partial charge in [-0.15, -0.1) is 0 Å². The Morgan fingerprint density at radius 2 is 2.00 bits per heavy atom. The van der Waals surface area contributed by atoms with Crippen LogP contribution in [0.15, 0.2) is 47.4 Å². The Morgan fingerprint density at radius 1 is 1.20 bits per heavy atom. The van der Waals surface area contributed by atoms with Gasteiger partial charge in [0, 0.05) is 18.8 Å². The van der Waals surface area contributed by atoms with Crippen LogP contribution in [0.2, 0.25) is 0 Å². The molecule has 1 amide bonds. The molecule has 3 rings (SSSR count). The minimum atomic E-state index is -3.81. The summed E-state index contributed by atoms with van der Waals surface area (Å²) in [4.78, 5) is 14.0. The number of likely N-dealkylation sites (N-methyl/N-ethyl adjacent to an activating group) is 1. The molecule has 1 heterocycles. The molecule has 0 aromatic heterocycles. The number of ether oxygens (including phenoxy) is 2. The molecular formula is C17H18N2O5S. The van der Waals surface area contributed by atoms with Crippen molar-refractivity contribution in [1.82, 2.24) is 4.90 Å². The number of amides is 1. The van der Waals surface area contributed by atoms with Gasteiger partial charge >= 0.3 is 0 Å². The number of fused-ring (bicyclic) bond motifs is 1. The van der Waals surface area contributed by atoms with E-state index in [1.165, 1.54) is 30.2 Å². The van der Waals surface area contributed by atoms with Crippen LogP contribution < -0.4 is 14.2 Å². The van der Waals surface area contributed by atoms with Gasteiger partial charge in [-0.3, -0.25) is 9.52 Å². The summed E-state index contributed by atoms with van der Waals surface area (Å²) in [5.74, 6) is 0.670. The van der Waals surface area contributed by atoms with Crippen LogP contribution in [0.3, 0.4) is 0 Å². The molecule has 8 heteroatoms. The van der Waals surface area contributed by atoms with Crippen molar-refractivity contribution in [1.29, 1.82) is 0 Å². The fourth-order valence-electron chi connectivity index (χ4n) is 2.47. The van der Waals surface area contributed by atoms with Gasteiger partial charge in [0.05, 0.1) is 24.1 Å². The Balaban J connectivity index is 1.93. The van der Waals surface area contributed by atoms with Gasteiger partial charge in [-0.2, -0.15) is 0 Å². The third-order valence-corrected chi connectivity index (χ3v) is 5.22. The maximum atomic E-state index is 12.6. The highest BCUT2D eigenvalue weighted by Gasteiger charge is 2.22. The van der Waals surface area contributed by atoms with Crippen LogP contribution in [0.25, 0.3) is 0 Å². The van der Waals surface area contributed by atoms with Gasteiger partial charge in [-0.05, 0) is 30.3 Å². The Kier molecular flexibility index (Phi) is 4.54. The standard InChI is InChI=1S/C17H18N2O5S/c1-19-8-9-24-16-7-6-12(10-15(16)17(19)20)18-25(21,22)14-5-3-4-13(11-14)23-2/h3-7,10-11,18H,8-9H2,1-2H3. The predicted octanol–water partition coefficient (Wildman–Crippen LogP) is 1.96. The lowest BCUT2D eigenvalue weighted by Gasteiger charge is -2.14. The van der Waals surface area contributed by atoms with Crippen LogP contribution in [0.5, 0.6) is 11.5 Å². The third-order valence-electron chi connectivity index (χ3n) is 3.84. The third kappa shape index (κ3) is 3.53. The van der Waals surface area contributed by atoms with E-state index >= 15 is 0 Å². The van der Waals surface area contributed by atoms with Crippen LogP contribution in [-0.4, -0.2) is 46.5 Å². The minimum Gasteiger partial charge on any atom is -0.497 e. The zero-order chi connectivity index (χ0) is 18.0. The molecule has 0 atom stereocenters. The average molecular weight is 362 g/mol. The number of methoxy groups -OCH3 is 1. The fourth-order valence-corrected chi connectivity index (χ4v) is 3.55. The van der Waals surface area contributed by atoms with E-state index in [1.807, 2.05) is 0 Å². The number of carbonyl (C=O) groups is 1. The fraction of sp³-hybridized carbons (Fsp3) is 0.235. The van der Waals surface area contributed by atoms with Crippen LogP contribution in [0.1, 0.15) is 10.4 Å². The highest BCUT2D eigenvalue weighted by atomic mass is 32.2. The molecule has 0 saturated carbocycles. The molecule has 0 unspecified atom stereocenters. The Bertz CT molecular complexity index is 911. The molecule has 0 saturated heterocycles. The highest BCUT2D eigenvalue weighted by molar-refractivity contribution is 7.92. The summed E-state index contributed by atoms with van der Waals surface area (Å²) >= 11 is 0. The summed E-state index contributed by atoms with van der Waals surface area (Å²) in [7, 11) is -0.668. The number of sulfonamides is 1. The zero-order valence-corrected chi connectivity index (χ0v) is 14.7. The Labute approximate surface area is 146 Å². The molecule has 25 heavy (non-hydrogen) atoms. The first-order chi connectivity index (χ1) is 11.9. The lowest BCUT2D eigenvalue weighted by Crippen LogP contribution is -2.27. The van der Waals surface area contributed by atoms with Gasteiger partial charge in [-0.1, -0.05) is 6.07 Å². The summed E-state index contributed by atoms with van der Waals surface area (Å²) < 4.78 is 38.2. The van der Waals surface area contributed by atoms with Gasteiger partial charge < -0.3 is 14.4 Å². The van der Waals surface area contributed by atoms with Gasteiger partial charge in [-0.25, -0.2) is 8.42 Å². The summed E-state index contributed by atoms with van der Waals surface area (Å²) in [6.07, 6.45) is 0. The number of rotatable bonds is 4. The number of nitrogens with one attached hydrogen (secondary N) is 1. The quantitative estimate of drug-likeness (QED) is 0.899. The monoisotopic (exact) mass is 362 g/mol. The second-order valence-corrected chi connectivity index (χ2v) is 7.25. The van der Waals surface area contributed by atoms with Crippen molar-refractivity contribution in [2.45, 2.75) is 4.90 Å². The van der Waals surface area contributed by atoms with Crippen LogP contribution >= 0.6 is 0 Å². The molecule has 0 bridgehead atoms. The number of anilines is 1. The SMILES string of the molecule is COc1cccc(S(=O)(=O)Nc2ccc3c(c2)C(=O)N(C)CCO3)c1. The van der Waals surface area contributed by atoms with E-state index in [9.17, 15) is 13.2 Å². The van der Waals surface area contributed by atoms with E-state index in [0.717, 1.165) is 0 Å². The second kappa shape index (κ2) is 6.64. The van der Waals surface area contributed by atoms with Gasteiger partial charge in [0.2, 0.25) is 0 Å². The number of benzene rings is 2. The van der Waals surface area contributed by atoms with E-state index < -0.39 is 10.0 Å². The van der Waals surface area contributed by atoms with E-state index in [-0.39, 0.29) is 16.5 Å². The van der Waals surface area contributed by atoms with E-state index in [0.29, 0.717) is 30.2 Å². The number of carbonyl (C=O) groups excluding carboxylic acids is 1. The van der Waals surface area contributed by atoms with E-state index in [1.54, 1.807) is 31.3 Å². The molecule has 1 N–H and O–H groups in total. The van der Waals surface area contributed by atoms with Crippen molar-refractivity contribution in [3.05, 3.63) is 48.0 Å². The maximum Gasteiger partial charge on any atom is 0.262 e. The minimum absolute atomic E-state index is 0.0708. The van der Waals surface area contributed by atoms with Crippen molar-refractivity contribution in [2.24, 2.45) is 0 Å². The molecule has 0 aliphatic carbocycles. The summed E-state index contributed by atoms with van der Waals surface area (Å²) in [6.45, 7) is 0.864. The molecule has 1 aliphatic rings. The van der Waals surface area contributed by atoms with Crippen molar-refractivity contribution in [3.8, 4) is 11.5 Å². The summed E-state index contributed by atoms with van der Waals surface area (Å²) in [5, 5.41) is 0. The molecule has 7 nitrogen and oxygen atoms in total. The highest BCUT2D eigenvalue weighted by Crippen LogP contribution is 2.28. The van der Waals surface area contributed by atoms with E-state index in [2.05, 4.69) is 4.72 Å². The smallest absolute Gasteiger partial charge is 0.262 e. The first-order valence-electron chi connectivity index (χ1n) is 7.60. The normalized spacial score (nSPS) is 14.3. The Hall–Kier alpha value is -2.74. The largest absolute Gasteiger partial charge is 0.497 e. The van der Waals surface area contributed by atoms with Crippen molar-refractivity contribution in [2.75, 3.05) is 32.0 Å². The molecule has 0 radical (unpaired) electrons. The van der Waals surface area contributed by atoms with Crippen LogP contribution in [0, 0.1) is 0 Å². The van der Waals surface area contributed by atoms with Gasteiger partial charge in [0.25, 0.3) is 15.9 Å². The topological polar surface area (TPSA) is 84.9 Å². The van der Waals surface area contributed by atoms with Crippen molar-refractivity contribution in [3.63, 3.8) is 0 Å². The number of hydrogen-bond donors (Lipinski definition) is 1. The molecule has 0 spiro atoms. The molecule has 0 fully saturated rings. The number of nitrogens with zero attached hydrogens (tertiary/aromatic N) is 1. The average Bonchev–Trinajstić information content (AvgIpc) is 2.74. The molecule has 1 aliphatic heterocycles. The van der Waals surface area contributed by atoms with Gasteiger partial charge in [0.15, 0.2) is 0 Å². The zero-order valence-electron chi connectivity index (χ0n) is 13.9. The van der Waals surface area contributed by atoms with Crippen LogP contribution in [0.4, 0.5) is 5.69 Å². The summed E-state index contributed by atoms with van der Waals surface area (Å²) in [6, 6.07) is 10.8.